The van der Waals surface area contributed by atoms with Crippen LogP contribution in [0.15, 0.2) is 53.0 Å². The molecule has 0 saturated heterocycles. The van der Waals surface area contributed by atoms with Crippen molar-refractivity contribution in [2.75, 3.05) is 20.7 Å². The summed E-state index contributed by atoms with van der Waals surface area (Å²) < 4.78 is 5.12. The molecule has 0 bridgehead atoms. The standard InChI is InChI=1S/C22H23N3O3/c1-4-28-22(27)18-12-17-11-16(9-10-19(17)24-20(23)13-18)14-5-7-15(8-6-14)21(26)25(2)3/h5-12H,4,13H2,1-3H3,(H2,23,24). The van der Waals surface area contributed by atoms with Gasteiger partial charge in [-0.2, -0.15) is 0 Å². The lowest BCUT2D eigenvalue weighted by atomic mass is 9.99. The van der Waals surface area contributed by atoms with Gasteiger partial charge in [0, 0.05) is 37.2 Å². The molecule has 0 spiro atoms. The third-order valence-electron chi connectivity index (χ3n) is 4.40. The van der Waals surface area contributed by atoms with E-state index in [1.807, 2.05) is 30.3 Å². The largest absolute Gasteiger partial charge is 0.463 e. The van der Waals surface area contributed by atoms with Gasteiger partial charge in [-0.15, -0.1) is 0 Å². The van der Waals surface area contributed by atoms with Gasteiger partial charge in [0.2, 0.25) is 0 Å². The number of amidine groups is 1. The zero-order valence-electron chi connectivity index (χ0n) is 16.2. The average molecular weight is 377 g/mol. The van der Waals surface area contributed by atoms with E-state index in [9.17, 15) is 9.59 Å². The van der Waals surface area contributed by atoms with Crippen LogP contribution in [0.25, 0.3) is 17.2 Å². The van der Waals surface area contributed by atoms with Crippen LogP contribution in [-0.2, 0) is 9.53 Å². The Bertz CT molecular complexity index is 973. The number of nitrogens with two attached hydrogens (primary N) is 1. The number of aliphatic imine (C=N–C) groups is 1. The number of esters is 1. The zero-order chi connectivity index (χ0) is 20.3. The molecule has 144 valence electrons. The lowest BCUT2D eigenvalue weighted by Crippen LogP contribution is -2.21. The Morgan fingerprint density at radius 3 is 2.43 bits per heavy atom. The molecule has 0 aromatic heterocycles. The van der Waals surface area contributed by atoms with E-state index in [0.29, 0.717) is 29.3 Å². The lowest BCUT2D eigenvalue weighted by Gasteiger charge is -2.11. The van der Waals surface area contributed by atoms with Crippen molar-refractivity contribution in [1.82, 2.24) is 4.90 Å². The second-order valence-electron chi connectivity index (χ2n) is 6.72. The number of fused-ring (bicyclic) bond motifs is 1. The zero-order valence-corrected chi connectivity index (χ0v) is 16.2. The summed E-state index contributed by atoms with van der Waals surface area (Å²) in [6.45, 7) is 2.07. The van der Waals surface area contributed by atoms with E-state index < -0.39 is 0 Å². The number of amides is 1. The maximum atomic E-state index is 12.2. The highest BCUT2D eigenvalue weighted by molar-refractivity contribution is 6.03. The van der Waals surface area contributed by atoms with Crippen molar-refractivity contribution in [2.45, 2.75) is 13.3 Å². The second kappa shape index (κ2) is 8.08. The molecule has 0 aliphatic carbocycles. The van der Waals surface area contributed by atoms with Crippen LogP contribution in [0.1, 0.15) is 29.3 Å². The van der Waals surface area contributed by atoms with E-state index in [0.717, 1.165) is 16.7 Å². The minimum atomic E-state index is -0.384. The van der Waals surface area contributed by atoms with E-state index in [1.165, 1.54) is 0 Å². The lowest BCUT2D eigenvalue weighted by molar-refractivity contribution is -0.138. The average Bonchev–Trinajstić information content (AvgIpc) is 2.85. The molecule has 0 atom stereocenters. The molecule has 2 aromatic carbocycles. The first-order valence-corrected chi connectivity index (χ1v) is 9.06. The van der Waals surface area contributed by atoms with Crippen molar-refractivity contribution in [2.24, 2.45) is 10.7 Å². The predicted octanol–water partition coefficient (Wildman–Crippen LogP) is 3.39. The minimum Gasteiger partial charge on any atom is -0.463 e. The van der Waals surface area contributed by atoms with Crippen molar-refractivity contribution in [3.8, 4) is 11.1 Å². The molecule has 0 radical (unpaired) electrons. The molecule has 2 N–H and O–H groups in total. The summed E-state index contributed by atoms with van der Waals surface area (Å²) in [4.78, 5) is 30.2. The Hall–Kier alpha value is -3.41. The number of hydrogen-bond donors (Lipinski definition) is 1. The fraction of sp³-hybridized carbons (Fsp3) is 0.227. The van der Waals surface area contributed by atoms with Crippen LogP contribution in [-0.4, -0.2) is 43.3 Å². The monoisotopic (exact) mass is 377 g/mol. The maximum absolute atomic E-state index is 12.2. The van der Waals surface area contributed by atoms with Crippen molar-refractivity contribution in [1.29, 1.82) is 0 Å². The number of benzene rings is 2. The van der Waals surface area contributed by atoms with E-state index in [4.69, 9.17) is 10.5 Å². The van der Waals surface area contributed by atoms with Gasteiger partial charge in [0.25, 0.3) is 5.91 Å². The summed E-state index contributed by atoms with van der Waals surface area (Å²) in [5, 5.41) is 0. The molecule has 1 aliphatic heterocycles. The second-order valence-corrected chi connectivity index (χ2v) is 6.72. The first-order chi connectivity index (χ1) is 13.4. The van der Waals surface area contributed by atoms with E-state index >= 15 is 0 Å². The maximum Gasteiger partial charge on any atom is 0.334 e. The smallest absolute Gasteiger partial charge is 0.334 e. The molecule has 1 aliphatic rings. The number of rotatable bonds is 4. The van der Waals surface area contributed by atoms with Crippen LogP contribution >= 0.6 is 0 Å². The molecule has 1 heterocycles. The van der Waals surface area contributed by atoms with Crippen molar-refractivity contribution in [3.05, 3.63) is 59.2 Å². The van der Waals surface area contributed by atoms with Gasteiger partial charge in [-0.3, -0.25) is 4.79 Å². The molecular weight excluding hydrogens is 354 g/mol. The predicted molar refractivity (Wildman–Crippen MR) is 110 cm³/mol. The normalized spacial score (nSPS) is 13.0. The number of hydrogen-bond acceptors (Lipinski definition) is 5. The van der Waals surface area contributed by atoms with Crippen LogP contribution in [0, 0.1) is 0 Å². The summed E-state index contributed by atoms with van der Waals surface area (Å²) in [5.74, 6) is -0.0527. The first-order valence-electron chi connectivity index (χ1n) is 9.06. The van der Waals surface area contributed by atoms with Gasteiger partial charge >= 0.3 is 5.97 Å². The van der Waals surface area contributed by atoms with Gasteiger partial charge in [0.05, 0.1) is 12.3 Å². The molecule has 6 nitrogen and oxygen atoms in total. The Labute approximate surface area is 164 Å². The molecule has 28 heavy (non-hydrogen) atoms. The minimum absolute atomic E-state index is 0.0414. The molecule has 0 saturated carbocycles. The van der Waals surface area contributed by atoms with Gasteiger partial charge in [-0.25, -0.2) is 9.79 Å². The Morgan fingerprint density at radius 2 is 1.79 bits per heavy atom. The summed E-state index contributed by atoms with van der Waals surface area (Å²) in [6, 6.07) is 13.2. The number of nitrogens with zero attached hydrogens (tertiary/aromatic N) is 2. The SMILES string of the molecule is CCOC(=O)C1=Cc2cc(-c3ccc(C(=O)N(C)C)cc3)ccc2N=C(N)C1. The van der Waals surface area contributed by atoms with Gasteiger partial charge in [-0.1, -0.05) is 18.2 Å². The third-order valence-corrected chi connectivity index (χ3v) is 4.40. The molecule has 2 aromatic rings. The Kier molecular flexibility index (Phi) is 5.59. The first kappa shape index (κ1) is 19.4. The number of carbonyl (C=O) groups excluding carboxylic acids is 2. The molecule has 3 rings (SSSR count). The van der Waals surface area contributed by atoms with Crippen LogP contribution in [0.5, 0.6) is 0 Å². The van der Waals surface area contributed by atoms with Crippen LogP contribution in [0.2, 0.25) is 0 Å². The van der Waals surface area contributed by atoms with Crippen molar-refractivity contribution >= 4 is 29.5 Å². The Morgan fingerprint density at radius 1 is 1.11 bits per heavy atom. The van der Waals surface area contributed by atoms with Crippen LogP contribution in [0.3, 0.4) is 0 Å². The molecule has 6 heteroatoms. The fourth-order valence-electron chi connectivity index (χ4n) is 3.00. The van der Waals surface area contributed by atoms with Crippen LogP contribution in [0.4, 0.5) is 5.69 Å². The van der Waals surface area contributed by atoms with Gasteiger partial charge in [0.1, 0.15) is 5.84 Å². The highest BCUT2D eigenvalue weighted by atomic mass is 16.5. The third kappa shape index (κ3) is 4.11. The number of ether oxygens (including phenoxy) is 1. The van der Waals surface area contributed by atoms with Crippen LogP contribution < -0.4 is 5.73 Å². The summed E-state index contributed by atoms with van der Waals surface area (Å²) in [6.07, 6.45) is 2.04. The fourth-order valence-corrected chi connectivity index (χ4v) is 3.00. The number of carbonyl (C=O) groups is 2. The molecule has 1 amide bonds. The van der Waals surface area contributed by atoms with E-state index in [1.54, 1.807) is 44.1 Å². The van der Waals surface area contributed by atoms with Crippen molar-refractivity contribution < 1.29 is 14.3 Å². The molecular formula is C22H23N3O3. The topological polar surface area (TPSA) is 85.0 Å². The molecule has 0 fully saturated rings. The van der Waals surface area contributed by atoms with Gasteiger partial charge in [-0.05, 0) is 48.4 Å². The summed E-state index contributed by atoms with van der Waals surface area (Å²) in [5.41, 5.74) is 10.5. The summed E-state index contributed by atoms with van der Waals surface area (Å²) in [7, 11) is 3.45. The van der Waals surface area contributed by atoms with Gasteiger partial charge < -0.3 is 15.4 Å². The Balaban J connectivity index is 1.97. The summed E-state index contributed by atoms with van der Waals surface area (Å²) >= 11 is 0. The van der Waals surface area contributed by atoms with E-state index in [2.05, 4.69) is 4.99 Å². The van der Waals surface area contributed by atoms with Crippen molar-refractivity contribution in [3.63, 3.8) is 0 Å². The highest BCUT2D eigenvalue weighted by Gasteiger charge is 2.17. The van der Waals surface area contributed by atoms with E-state index in [-0.39, 0.29) is 18.3 Å². The quantitative estimate of drug-likeness (QED) is 0.828. The highest BCUT2D eigenvalue weighted by Crippen LogP contribution is 2.31. The van der Waals surface area contributed by atoms with Gasteiger partial charge in [0.15, 0.2) is 0 Å². The molecule has 0 unspecified atom stereocenters.